The van der Waals surface area contributed by atoms with Crippen molar-refractivity contribution in [1.29, 1.82) is 0 Å². The Morgan fingerprint density at radius 3 is 2.12 bits per heavy atom. The van der Waals surface area contributed by atoms with Gasteiger partial charge in [-0.1, -0.05) is 34.7 Å². The molecule has 0 fully saturated rings. The Kier molecular flexibility index (Phi) is 15.8. The van der Waals surface area contributed by atoms with E-state index in [1.807, 2.05) is 23.1 Å². The Morgan fingerprint density at radius 1 is 1.25 bits per heavy atom. The Morgan fingerprint density at radius 2 is 1.75 bits per heavy atom. The molecule has 0 aliphatic rings. The summed E-state index contributed by atoms with van der Waals surface area (Å²) in [5.74, 6) is 0. The summed E-state index contributed by atoms with van der Waals surface area (Å²) in [5.41, 5.74) is 1.25. The summed E-state index contributed by atoms with van der Waals surface area (Å²) in [6.07, 6.45) is 0. The molecule has 1 aromatic carbocycles. The van der Waals surface area contributed by atoms with Crippen molar-refractivity contribution >= 4 is 29.2 Å². The van der Waals surface area contributed by atoms with Crippen molar-refractivity contribution in [3.63, 3.8) is 0 Å². The Hall–Kier alpha value is 0.250. The number of thiocarbonyl (C=S) groups is 1. The average molecular weight is 269 g/mol. The molecule has 0 radical (unpaired) electrons. The third kappa shape index (κ3) is 7.51. The van der Waals surface area contributed by atoms with Gasteiger partial charge in [0.15, 0.2) is 0 Å². The van der Waals surface area contributed by atoms with E-state index in [9.17, 15) is 0 Å². The van der Waals surface area contributed by atoms with E-state index in [0.29, 0.717) is 4.32 Å². The molecule has 4 N–H and O–H groups in total. The molecule has 0 aliphatic heterocycles. The second kappa shape index (κ2) is 11.7. The molecule has 1 aromatic rings. The second-order valence-corrected chi connectivity index (χ2v) is 3.80. The minimum absolute atomic E-state index is 0. The van der Waals surface area contributed by atoms with Crippen LogP contribution in [0.15, 0.2) is 30.3 Å². The number of hydrogen-bond acceptors (Lipinski definition) is 2. The first-order valence-electron chi connectivity index (χ1n) is 4.24. The molecule has 0 amide bonds. The predicted octanol–water partition coefficient (Wildman–Crippen LogP) is -2.31. The molecule has 0 spiro atoms. The summed E-state index contributed by atoms with van der Waals surface area (Å²) in [7, 11) is 0. The van der Waals surface area contributed by atoms with Gasteiger partial charge in [-0.25, -0.2) is 0 Å². The maximum absolute atomic E-state index is 4.96. The van der Waals surface area contributed by atoms with Crippen molar-refractivity contribution in [2.24, 2.45) is 0 Å². The summed E-state index contributed by atoms with van der Waals surface area (Å²) in [6.45, 7) is 3.75. The third-order valence-electron chi connectivity index (χ3n) is 1.86. The normalized spacial score (nSPS) is 7.81. The van der Waals surface area contributed by atoms with Crippen molar-refractivity contribution in [3.05, 3.63) is 35.9 Å². The van der Waals surface area contributed by atoms with E-state index in [-0.39, 0.29) is 40.5 Å². The van der Waals surface area contributed by atoms with Crippen LogP contribution in [0, 0.1) is 0 Å². The van der Waals surface area contributed by atoms with Crippen molar-refractivity contribution in [3.8, 4) is 0 Å². The van der Waals surface area contributed by atoms with Gasteiger partial charge < -0.3 is 40.7 Å². The van der Waals surface area contributed by atoms with Crippen LogP contribution in [0.1, 0.15) is 12.5 Å². The van der Waals surface area contributed by atoms with Crippen LogP contribution in [-0.4, -0.2) is 26.7 Å². The number of benzene rings is 1. The first-order chi connectivity index (χ1) is 6.24. The van der Waals surface area contributed by atoms with Crippen molar-refractivity contribution < 1.29 is 40.5 Å². The van der Waals surface area contributed by atoms with Gasteiger partial charge in [0.05, 0.1) is 0 Å². The van der Waals surface area contributed by atoms with E-state index in [0.717, 1.165) is 13.1 Å². The predicted molar refractivity (Wildman–Crippen MR) is 69.7 cm³/mol. The Labute approximate surface area is 130 Å². The minimum atomic E-state index is 0. The fourth-order valence-electron chi connectivity index (χ4n) is 1.11. The van der Waals surface area contributed by atoms with E-state index >= 15 is 0 Å². The SMILES string of the molecule is CCN(Cc1ccccc1)C(=S)[S-].O.O.[Na+]. The first kappa shape index (κ1) is 21.5. The largest absolute Gasteiger partial charge is 1.00 e. The van der Waals surface area contributed by atoms with E-state index in [2.05, 4.69) is 19.1 Å². The van der Waals surface area contributed by atoms with Gasteiger partial charge in [0.1, 0.15) is 0 Å². The van der Waals surface area contributed by atoms with Crippen LogP contribution in [0.25, 0.3) is 0 Å². The fraction of sp³-hybridized carbons (Fsp3) is 0.300. The number of hydrogen-bond donors (Lipinski definition) is 0. The van der Waals surface area contributed by atoms with E-state index in [4.69, 9.17) is 24.8 Å². The Balaban J connectivity index is -0.000000563. The van der Waals surface area contributed by atoms with Crippen LogP contribution in [0.2, 0.25) is 0 Å². The monoisotopic (exact) mass is 269 g/mol. The second-order valence-electron chi connectivity index (χ2n) is 2.77. The van der Waals surface area contributed by atoms with Crippen LogP contribution in [0.3, 0.4) is 0 Å². The summed E-state index contributed by atoms with van der Waals surface area (Å²) < 4.78 is 0.548. The van der Waals surface area contributed by atoms with E-state index in [1.165, 1.54) is 5.56 Å². The molecule has 0 saturated heterocycles. The molecule has 6 heteroatoms. The summed E-state index contributed by atoms with van der Waals surface area (Å²) in [5, 5.41) is 0. The quantitative estimate of drug-likeness (QED) is 0.352. The van der Waals surface area contributed by atoms with Gasteiger partial charge in [0.2, 0.25) is 0 Å². The zero-order valence-corrected chi connectivity index (χ0v) is 13.2. The van der Waals surface area contributed by atoms with Crippen LogP contribution < -0.4 is 29.6 Å². The average Bonchev–Trinajstić information content (AvgIpc) is 2.15. The topological polar surface area (TPSA) is 66.2 Å². The zero-order valence-electron chi connectivity index (χ0n) is 9.56. The van der Waals surface area contributed by atoms with Crippen LogP contribution in [0.4, 0.5) is 0 Å². The molecule has 86 valence electrons. The molecule has 0 aromatic heterocycles. The van der Waals surface area contributed by atoms with Crippen LogP contribution in [-0.2, 0) is 19.2 Å². The molecule has 3 nitrogen and oxygen atoms in total. The summed E-state index contributed by atoms with van der Waals surface area (Å²) >= 11 is 9.91. The number of nitrogens with zero attached hydrogens (tertiary/aromatic N) is 1. The van der Waals surface area contributed by atoms with Gasteiger partial charge in [-0.05, 0) is 12.5 Å². The third-order valence-corrected chi connectivity index (χ3v) is 2.37. The van der Waals surface area contributed by atoms with Crippen molar-refractivity contribution in [1.82, 2.24) is 4.90 Å². The molecule has 16 heavy (non-hydrogen) atoms. The van der Waals surface area contributed by atoms with Gasteiger partial charge in [0, 0.05) is 13.1 Å². The van der Waals surface area contributed by atoms with Gasteiger partial charge in [0.25, 0.3) is 0 Å². The smallest absolute Gasteiger partial charge is 0.412 e. The van der Waals surface area contributed by atoms with Gasteiger partial charge in [-0.3, -0.25) is 0 Å². The minimum Gasteiger partial charge on any atom is -0.412 e. The summed E-state index contributed by atoms with van der Waals surface area (Å²) in [6, 6.07) is 10.2. The first-order valence-corrected chi connectivity index (χ1v) is 5.05. The van der Waals surface area contributed by atoms with Crippen molar-refractivity contribution in [2.45, 2.75) is 13.5 Å². The molecule has 0 saturated carbocycles. The van der Waals surface area contributed by atoms with Gasteiger partial charge in [-0.15, -0.1) is 0 Å². The fourth-order valence-corrected chi connectivity index (χ4v) is 1.50. The maximum Gasteiger partial charge on any atom is 1.00 e. The molecule has 1 rings (SSSR count). The number of rotatable bonds is 3. The summed E-state index contributed by atoms with van der Waals surface area (Å²) in [4.78, 5) is 2.00. The van der Waals surface area contributed by atoms with Crippen LogP contribution >= 0.6 is 12.2 Å². The molecule has 0 unspecified atom stereocenters. The van der Waals surface area contributed by atoms with Gasteiger partial charge >= 0.3 is 29.6 Å². The van der Waals surface area contributed by atoms with E-state index in [1.54, 1.807) is 0 Å². The standard InChI is InChI=1S/C10H13NS2.Na.2H2O/c1-2-11(10(12)13)8-9-6-4-3-5-7-9;;;/h3-7H,2,8H2,1H3,(H,12,13);;2*1H2/q;+1;;/p-1. The molecular weight excluding hydrogens is 253 g/mol. The van der Waals surface area contributed by atoms with Crippen LogP contribution in [0.5, 0.6) is 0 Å². The molecular formula is C10H16NNaO2S2. The Bertz CT molecular complexity index is 285. The van der Waals surface area contributed by atoms with Gasteiger partial charge in [-0.2, -0.15) is 0 Å². The zero-order chi connectivity index (χ0) is 9.68. The maximum atomic E-state index is 4.96. The molecule has 0 heterocycles. The molecule has 0 atom stereocenters. The molecule has 0 bridgehead atoms. The molecule has 0 aliphatic carbocycles. The van der Waals surface area contributed by atoms with Crippen molar-refractivity contribution in [2.75, 3.05) is 6.54 Å². The van der Waals surface area contributed by atoms with E-state index < -0.39 is 0 Å².